The number of hydrogen-bond donors (Lipinski definition) is 1. The number of Topliss-reactive ketones (excluding diaryl/α,β-unsaturated/α-hetero) is 1. The maximum absolute atomic E-state index is 13.6. The van der Waals surface area contributed by atoms with Crippen LogP contribution >= 0.6 is 0 Å². The molecule has 2 fully saturated rings. The number of fused-ring (bicyclic) bond motifs is 1. The molecule has 86 valence electrons. The summed E-state index contributed by atoms with van der Waals surface area (Å²) < 4.78 is 24.2. The minimum absolute atomic E-state index is 0.126. The molecule has 1 aliphatic carbocycles. The molecule has 0 bridgehead atoms. The van der Waals surface area contributed by atoms with Gasteiger partial charge in [0.05, 0.1) is 0 Å². The van der Waals surface area contributed by atoms with Crippen molar-refractivity contribution < 1.29 is 23.8 Å². The standard InChI is InChI=1S/C10H15FO4/c1-4-10(13)7(11)5(12)6-8(10)15-9(2,3)14-6/h6-8,13H,4H2,1-3H3/t6?,7?,8-,10?/m0/s1. The second-order valence-electron chi connectivity index (χ2n) is 4.59. The van der Waals surface area contributed by atoms with Crippen LogP contribution < -0.4 is 0 Å². The molecule has 0 amide bonds. The van der Waals surface area contributed by atoms with Crippen LogP contribution in [-0.4, -0.2) is 40.7 Å². The van der Waals surface area contributed by atoms with Crippen LogP contribution in [0.4, 0.5) is 4.39 Å². The minimum atomic E-state index is -1.91. The zero-order valence-corrected chi connectivity index (χ0v) is 8.99. The predicted octanol–water partition coefficient (Wildman–Crippen LogP) is 0.568. The molecule has 2 aliphatic rings. The van der Waals surface area contributed by atoms with Crippen molar-refractivity contribution in [2.24, 2.45) is 0 Å². The van der Waals surface area contributed by atoms with Gasteiger partial charge >= 0.3 is 0 Å². The first-order valence-corrected chi connectivity index (χ1v) is 5.07. The van der Waals surface area contributed by atoms with Gasteiger partial charge in [-0.15, -0.1) is 0 Å². The number of hydrogen-bond acceptors (Lipinski definition) is 4. The number of carbonyl (C=O) groups is 1. The van der Waals surface area contributed by atoms with E-state index in [9.17, 15) is 14.3 Å². The lowest BCUT2D eigenvalue weighted by Crippen LogP contribution is -2.47. The first-order chi connectivity index (χ1) is 6.82. The molecule has 0 radical (unpaired) electrons. The van der Waals surface area contributed by atoms with E-state index in [2.05, 4.69) is 0 Å². The summed E-state index contributed by atoms with van der Waals surface area (Å²) in [5, 5.41) is 10.0. The Labute approximate surface area is 87.4 Å². The zero-order valence-electron chi connectivity index (χ0n) is 8.99. The summed E-state index contributed by atoms with van der Waals surface area (Å²) in [6.45, 7) is 4.90. The van der Waals surface area contributed by atoms with Gasteiger partial charge in [0.15, 0.2) is 18.1 Å². The molecule has 1 saturated heterocycles. The van der Waals surface area contributed by atoms with Crippen molar-refractivity contribution in [1.82, 2.24) is 0 Å². The summed E-state index contributed by atoms with van der Waals surface area (Å²) in [5.41, 5.74) is -1.74. The number of alkyl halides is 1. The Morgan fingerprint density at radius 2 is 2.07 bits per heavy atom. The Balaban J connectivity index is 2.34. The fourth-order valence-electron chi connectivity index (χ4n) is 2.25. The summed E-state index contributed by atoms with van der Waals surface area (Å²) in [5.74, 6) is -1.65. The molecule has 0 aromatic carbocycles. The third kappa shape index (κ3) is 1.33. The highest BCUT2D eigenvalue weighted by atomic mass is 19.1. The van der Waals surface area contributed by atoms with E-state index >= 15 is 0 Å². The number of halogens is 1. The molecule has 1 aliphatic heterocycles. The highest BCUT2D eigenvalue weighted by molar-refractivity contribution is 5.92. The van der Waals surface area contributed by atoms with Crippen LogP contribution in [0.3, 0.4) is 0 Å². The monoisotopic (exact) mass is 218 g/mol. The Morgan fingerprint density at radius 3 is 2.60 bits per heavy atom. The van der Waals surface area contributed by atoms with E-state index in [1.54, 1.807) is 20.8 Å². The van der Waals surface area contributed by atoms with Crippen molar-refractivity contribution in [1.29, 1.82) is 0 Å². The third-order valence-electron chi connectivity index (χ3n) is 3.12. The molecule has 1 heterocycles. The number of aliphatic hydroxyl groups is 1. The fourth-order valence-corrected chi connectivity index (χ4v) is 2.25. The fraction of sp³-hybridized carbons (Fsp3) is 0.900. The molecule has 4 nitrogen and oxygen atoms in total. The molecule has 2 rings (SSSR count). The number of carbonyl (C=O) groups excluding carboxylic acids is 1. The molecule has 1 saturated carbocycles. The quantitative estimate of drug-likeness (QED) is 0.699. The van der Waals surface area contributed by atoms with Gasteiger partial charge in [0.25, 0.3) is 0 Å². The van der Waals surface area contributed by atoms with E-state index in [1.807, 2.05) is 0 Å². The van der Waals surface area contributed by atoms with Crippen LogP contribution in [0.2, 0.25) is 0 Å². The maximum Gasteiger partial charge on any atom is 0.201 e. The lowest BCUT2D eigenvalue weighted by atomic mass is 9.95. The molecular formula is C10H15FO4. The maximum atomic E-state index is 13.6. The van der Waals surface area contributed by atoms with Gasteiger partial charge in [-0.1, -0.05) is 6.92 Å². The summed E-state index contributed by atoms with van der Waals surface area (Å²) >= 11 is 0. The Hall–Kier alpha value is -0.520. The molecule has 3 unspecified atom stereocenters. The molecule has 1 N–H and O–H groups in total. The summed E-state index contributed by atoms with van der Waals surface area (Å²) in [6.07, 6.45) is -3.64. The van der Waals surface area contributed by atoms with E-state index in [4.69, 9.17) is 9.47 Å². The normalized spacial score (nSPS) is 48.3. The van der Waals surface area contributed by atoms with Crippen LogP contribution in [0.25, 0.3) is 0 Å². The van der Waals surface area contributed by atoms with E-state index in [-0.39, 0.29) is 6.42 Å². The van der Waals surface area contributed by atoms with Gasteiger partial charge in [-0.25, -0.2) is 4.39 Å². The first kappa shape index (κ1) is 11.0. The Kier molecular flexibility index (Phi) is 2.19. The summed E-state index contributed by atoms with van der Waals surface area (Å²) in [4.78, 5) is 11.5. The summed E-state index contributed by atoms with van der Waals surface area (Å²) in [6, 6.07) is 0. The van der Waals surface area contributed by atoms with Crippen molar-refractivity contribution >= 4 is 5.78 Å². The van der Waals surface area contributed by atoms with Crippen molar-refractivity contribution in [2.75, 3.05) is 0 Å². The third-order valence-corrected chi connectivity index (χ3v) is 3.12. The Bertz CT molecular complexity index is 304. The molecule has 0 spiro atoms. The molecule has 5 heteroatoms. The van der Waals surface area contributed by atoms with Crippen LogP contribution in [-0.2, 0) is 14.3 Å². The van der Waals surface area contributed by atoms with Crippen molar-refractivity contribution in [3.8, 4) is 0 Å². The molecule has 0 aromatic rings. The van der Waals surface area contributed by atoms with Gasteiger partial charge in [-0.3, -0.25) is 4.79 Å². The van der Waals surface area contributed by atoms with Crippen LogP contribution in [0.1, 0.15) is 27.2 Å². The van der Waals surface area contributed by atoms with Crippen molar-refractivity contribution in [3.05, 3.63) is 0 Å². The van der Waals surface area contributed by atoms with E-state index < -0.39 is 35.6 Å². The largest absolute Gasteiger partial charge is 0.384 e. The summed E-state index contributed by atoms with van der Waals surface area (Å²) in [7, 11) is 0. The lowest BCUT2D eigenvalue weighted by Gasteiger charge is -2.29. The Morgan fingerprint density at radius 1 is 1.47 bits per heavy atom. The van der Waals surface area contributed by atoms with E-state index in [1.165, 1.54) is 0 Å². The van der Waals surface area contributed by atoms with Gasteiger partial charge in [0, 0.05) is 0 Å². The molecule has 0 aromatic heterocycles. The number of ether oxygens (including phenoxy) is 2. The highest BCUT2D eigenvalue weighted by Gasteiger charge is 2.66. The van der Waals surface area contributed by atoms with E-state index in [0.29, 0.717) is 0 Å². The van der Waals surface area contributed by atoms with Gasteiger partial charge in [0.1, 0.15) is 11.7 Å². The number of ketones is 1. The van der Waals surface area contributed by atoms with Gasteiger partial charge < -0.3 is 14.6 Å². The smallest absolute Gasteiger partial charge is 0.201 e. The molecule has 4 atom stereocenters. The second-order valence-corrected chi connectivity index (χ2v) is 4.59. The van der Waals surface area contributed by atoms with E-state index in [0.717, 1.165) is 0 Å². The average Bonchev–Trinajstić information content (AvgIpc) is 2.57. The predicted molar refractivity (Wildman–Crippen MR) is 49.0 cm³/mol. The molecule has 15 heavy (non-hydrogen) atoms. The highest BCUT2D eigenvalue weighted by Crippen LogP contribution is 2.44. The van der Waals surface area contributed by atoms with Crippen LogP contribution in [0, 0.1) is 0 Å². The minimum Gasteiger partial charge on any atom is -0.384 e. The van der Waals surface area contributed by atoms with Crippen LogP contribution in [0.15, 0.2) is 0 Å². The average molecular weight is 218 g/mol. The molecular weight excluding hydrogens is 203 g/mol. The first-order valence-electron chi connectivity index (χ1n) is 5.07. The zero-order chi connectivity index (χ0) is 11.4. The van der Waals surface area contributed by atoms with Crippen molar-refractivity contribution in [2.45, 2.75) is 57.0 Å². The van der Waals surface area contributed by atoms with Gasteiger partial charge in [-0.05, 0) is 20.3 Å². The lowest BCUT2D eigenvalue weighted by molar-refractivity contribution is -0.191. The second kappa shape index (κ2) is 2.99. The van der Waals surface area contributed by atoms with Crippen molar-refractivity contribution in [3.63, 3.8) is 0 Å². The van der Waals surface area contributed by atoms with Gasteiger partial charge in [0.2, 0.25) is 5.78 Å². The van der Waals surface area contributed by atoms with Crippen LogP contribution in [0.5, 0.6) is 0 Å². The topological polar surface area (TPSA) is 55.8 Å². The van der Waals surface area contributed by atoms with Gasteiger partial charge in [-0.2, -0.15) is 0 Å². The number of rotatable bonds is 1. The SMILES string of the molecule is CCC1(O)C(F)C(=O)C2OC(C)(C)O[C@@H]21.